The van der Waals surface area contributed by atoms with Gasteiger partial charge in [-0.15, -0.1) is 0 Å². The van der Waals surface area contributed by atoms with Crippen LogP contribution < -0.4 is 11.1 Å². The molecule has 2 aromatic heterocycles. The number of carbonyl (C=O) groups excluding carboxylic acids is 1. The largest absolute Gasteiger partial charge is 0.434 e. The van der Waals surface area contributed by atoms with Crippen LogP contribution in [0.25, 0.3) is 0 Å². The number of aromatic nitrogens is 3. The van der Waals surface area contributed by atoms with Crippen molar-refractivity contribution in [3.05, 3.63) is 29.0 Å². The van der Waals surface area contributed by atoms with E-state index in [0.717, 1.165) is 17.7 Å². The fourth-order valence-electron chi connectivity index (χ4n) is 1.16. The van der Waals surface area contributed by atoms with Gasteiger partial charge < -0.3 is 11.1 Å². The molecule has 0 aromatic carbocycles. The summed E-state index contributed by atoms with van der Waals surface area (Å²) in [5.74, 6) is -0.538. The van der Waals surface area contributed by atoms with Crippen LogP contribution in [0.15, 0.2) is 17.8 Å². The number of rotatable bonds is 3. The monoisotopic (exact) mass is 289 g/mol. The van der Waals surface area contributed by atoms with Gasteiger partial charge in [-0.2, -0.15) is 17.5 Å². The maximum atomic E-state index is 12.3. The van der Waals surface area contributed by atoms with Crippen LogP contribution in [0.1, 0.15) is 16.1 Å². The third-order valence-electron chi connectivity index (χ3n) is 2.02. The Bertz CT molecular complexity index is 595. The van der Waals surface area contributed by atoms with Gasteiger partial charge in [-0.1, -0.05) is 0 Å². The number of anilines is 2. The van der Waals surface area contributed by atoms with Crippen molar-refractivity contribution in [3.63, 3.8) is 0 Å². The molecule has 2 aromatic rings. The Hall–Kier alpha value is -2.23. The molecule has 10 heteroatoms. The molecule has 0 saturated carbocycles. The van der Waals surface area contributed by atoms with E-state index in [1.807, 2.05) is 0 Å². The van der Waals surface area contributed by atoms with Crippen LogP contribution in [0.5, 0.6) is 0 Å². The third kappa shape index (κ3) is 2.96. The lowest BCUT2D eigenvalue weighted by molar-refractivity contribution is -0.141. The number of nitrogens with two attached hydrogens (primary N) is 1. The number of hydrogen-bond acceptors (Lipinski definition) is 6. The highest BCUT2D eigenvalue weighted by Gasteiger charge is 2.32. The summed E-state index contributed by atoms with van der Waals surface area (Å²) < 4.78 is 40.7. The summed E-state index contributed by atoms with van der Waals surface area (Å²) in [5, 5.41) is 3.99. The normalized spacial score (nSPS) is 11.3. The average molecular weight is 289 g/mol. The van der Waals surface area contributed by atoms with Crippen molar-refractivity contribution in [2.45, 2.75) is 6.18 Å². The van der Waals surface area contributed by atoms with Crippen LogP contribution in [0, 0.1) is 0 Å². The molecule has 2 rings (SSSR count). The number of carbonyl (C=O) groups is 1. The highest BCUT2D eigenvalue weighted by atomic mass is 32.1. The first-order chi connectivity index (χ1) is 8.88. The molecule has 0 saturated heterocycles. The van der Waals surface area contributed by atoms with Crippen molar-refractivity contribution in [1.29, 1.82) is 0 Å². The lowest BCUT2D eigenvalue weighted by Crippen LogP contribution is -2.13. The van der Waals surface area contributed by atoms with Gasteiger partial charge in [0, 0.05) is 5.38 Å². The topological polar surface area (TPSA) is 93.8 Å². The van der Waals surface area contributed by atoms with Crippen molar-refractivity contribution >= 4 is 29.1 Å². The molecule has 2 heterocycles. The minimum atomic E-state index is -4.55. The van der Waals surface area contributed by atoms with Gasteiger partial charge in [-0.25, -0.2) is 9.97 Å². The average Bonchev–Trinajstić information content (AvgIpc) is 2.77. The maximum Gasteiger partial charge on any atom is 0.434 e. The van der Waals surface area contributed by atoms with Gasteiger partial charge in [0.1, 0.15) is 5.82 Å². The Morgan fingerprint density at radius 3 is 2.58 bits per heavy atom. The molecule has 0 bridgehead atoms. The molecular formula is C9H6F3N5OS. The molecule has 0 atom stereocenters. The molecule has 0 radical (unpaired) electrons. The molecule has 0 aliphatic carbocycles. The first-order valence-corrected chi connectivity index (χ1v) is 5.62. The van der Waals surface area contributed by atoms with Gasteiger partial charge in [-0.05, 0) is 11.5 Å². The molecule has 0 spiro atoms. The summed E-state index contributed by atoms with van der Waals surface area (Å²) in [4.78, 5) is 17.8. The molecule has 0 aliphatic heterocycles. The second-order valence-electron chi connectivity index (χ2n) is 3.35. The van der Waals surface area contributed by atoms with Crippen LogP contribution in [0.4, 0.5) is 24.8 Å². The minimum absolute atomic E-state index is 0.0291. The summed E-state index contributed by atoms with van der Waals surface area (Å²) in [6.45, 7) is 0. The van der Waals surface area contributed by atoms with E-state index in [0.29, 0.717) is 6.20 Å². The lowest BCUT2D eigenvalue weighted by Gasteiger charge is -2.06. The molecule has 0 unspecified atom stereocenters. The van der Waals surface area contributed by atoms with E-state index in [2.05, 4.69) is 19.7 Å². The predicted octanol–water partition coefficient (Wildman–Crippen LogP) is 1.79. The SMILES string of the molecule is NC(=O)c1csnc1Nc1cnc(C(F)(F)F)cn1. The van der Waals surface area contributed by atoms with Gasteiger partial charge in [0.15, 0.2) is 11.5 Å². The van der Waals surface area contributed by atoms with Crippen LogP contribution in [-0.2, 0) is 6.18 Å². The Morgan fingerprint density at radius 2 is 2.05 bits per heavy atom. The summed E-state index contributed by atoms with van der Waals surface area (Å²) in [7, 11) is 0. The molecular weight excluding hydrogens is 283 g/mol. The third-order valence-corrected chi connectivity index (χ3v) is 2.65. The second-order valence-corrected chi connectivity index (χ2v) is 3.98. The molecule has 100 valence electrons. The predicted molar refractivity (Wildman–Crippen MR) is 60.9 cm³/mol. The van der Waals surface area contributed by atoms with E-state index in [1.54, 1.807) is 0 Å². The summed E-state index contributed by atoms with van der Waals surface area (Å²) in [5.41, 5.74) is 4.12. The van der Waals surface area contributed by atoms with E-state index < -0.39 is 17.8 Å². The number of nitrogens with zero attached hydrogens (tertiary/aromatic N) is 3. The van der Waals surface area contributed by atoms with Crippen LogP contribution in [0.3, 0.4) is 0 Å². The Morgan fingerprint density at radius 1 is 1.32 bits per heavy atom. The Balaban J connectivity index is 2.20. The number of halogens is 3. The number of nitrogens with one attached hydrogen (secondary N) is 1. The van der Waals surface area contributed by atoms with E-state index in [4.69, 9.17) is 5.73 Å². The zero-order chi connectivity index (χ0) is 14.0. The Labute approximate surface area is 108 Å². The van der Waals surface area contributed by atoms with Crippen LogP contribution in [-0.4, -0.2) is 20.2 Å². The maximum absolute atomic E-state index is 12.3. The number of primary amides is 1. The highest BCUT2D eigenvalue weighted by Crippen LogP contribution is 2.27. The van der Waals surface area contributed by atoms with Gasteiger partial charge in [0.2, 0.25) is 0 Å². The smallest absolute Gasteiger partial charge is 0.365 e. The molecule has 0 fully saturated rings. The standard InChI is InChI=1S/C9H6F3N5OS/c10-9(11,12)5-1-15-6(2-14-5)16-8-4(7(13)18)3-19-17-8/h1-3H,(H2,13,18)(H,15,16,17). The van der Waals surface area contributed by atoms with Crippen LogP contribution >= 0.6 is 11.5 Å². The molecule has 19 heavy (non-hydrogen) atoms. The lowest BCUT2D eigenvalue weighted by atomic mass is 10.3. The summed E-state index contributed by atoms with van der Waals surface area (Å²) >= 11 is 0.980. The zero-order valence-corrected chi connectivity index (χ0v) is 9.92. The van der Waals surface area contributed by atoms with Gasteiger partial charge >= 0.3 is 6.18 Å². The van der Waals surface area contributed by atoms with Crippen molar-refractivity contribution in [1.82, 2.24) is 14.3 Å². The second kappa shape index (κ2) is 4.80. The Kier molecular flexibility index (Phi) is 3.34. The minimum Gasteiger partial charge on any atom is -0.365 e. The summed E-state index contributed by atoms with van der Waals surface area (Å²) in [6.07, 6.45) is -3.07. The molecule has 6 nitrogen and oxygen atoms in total. The van der Waals surface area contributed by atoms with Gasteiger partial charge in [0.05, 0.1) is 18.0 Å². The van der Waals surface area contributed by atoms with Gasteiger partial charge in [0.25, 0.3) is 5.91 Å². The number of alkyl halides is 3. The van der Waals surface area contributed by atoms with Crippen molar-refractivity contribution < 1.29 is 18.0 Å². The van der Waals surface area contributed by atoms with Crippen molar-refractivity contribution in [3.8, 4) is 0 Å². The van der Waals surface area contributed by atoms with Crippen molar-refractivity contribution in [2.24, 2.45) is 5.73 Å². The first-order valence-electron chi connectivity index (χ1n) is 4.78. The first kappa shape index (κ1) is 13.2. The molecule has 0 aliphatic rings. The van der Waals surface area contributed by atoms with E-state index in [1.165, 1.54) is 5.38 Å². The molecule has 1 amide bonds. The van der Waals surface area contributed by atoms with E-state index in [-0.39, 0.29) is 17.2 Å². The number of amides is 1. The quantitative estimate of drug-likeness (QED) is 0.898. The van der Waals surface area contributed by atoms with E-state index >= 15 is 0 Å². The zero-order valence-electron chi connectivity index (χ0n) is 9.10. The van der Waals surface area contributed by atoms with Crippen molar-refractivity contribution in [2.75, 3.05) is 5.32 Å². The van der Waals surface area contributed by atoms with Crippen LogP contribution in [0.2, 0.25) is 0 Å². The fourth-order valence-corrected chi connectivity index (χ4v) is 1.80. The number of hydrogen-bond donors (Lipinski definition) is 2. The molecule has 3 N–H and O–H groups in total. The fraction of sp³-hybridized carbons (Fsp3) is 0.111. The van der Waals surface area contributed by atoms with E-state index in [9.17, 15) is 18.0 Å². The van der Waals surface area contributed by atoms with Gasteiger partial charge in [-0.3, -0.25) is 4.79 Å². The highest BCUT2D eigenvalue weighted by molar-refractivity contribution is 7.04. The summed E-state index contributed by atoms with van der Waals surface area (Å²) in [6, 6.07) is 0.